The van der Waals surface area contributed by atoms with Crippen LogP contribution < -0.4 is 0 Å². The van der Waals surface area contributed by atoms with E-state index in [1.165, 1.54) is 11.3 Å². The summed E-state index contributed by atoms with van der Waals surface area (Å²) in [6, 6.07) is 0.388. The summed E-state index contributed by atoms with van der Waals surface area (Å²) in [6.45, 7) is 8.30. The summed E-state index contributed by atoms with van der Waals surface area (Å²) in [5.74, 6) is 0. The van der Waals surface area contributed by atoms with Gasteiger partial charge in [-0.1, -0.05) is 0 Å². The Labute approximate surface area is 85.1 Å². The van der Waals surface area contributed by atoms with Crippen molar-refractivity contribution in [2.75, 3.05) is 0 Å². The first-order valence-corrected chi connectivity index (χ1v) is 5.06. The van der Waals surface area contributed by atoms with E-state index in [0.29, 0.717) is 12.5 Å². The van der Waals surface area contributed by atoms with Gasteiger partial charge in [0.2, 0.25) is 0 Å². The van der Waals surface area contributed by atoms with Crippen molar-refractivity contribution in [3.63, 3.8) is 0 Å². The van der Waals surface area contributed by atoms with Gasteiger partial charge in [-0.2, -0.15) is 5.10 Å². The lowest BCUT2D eigenvalue weighted by Gasteiger charge is -2.08. The minimum Gasteiger partial charge on any atom is -0.303 e. The summed E-state index contributed by atoms with van der Waals surface area (Å²) in [5.41, 5.74) is 3.48. The average molecular weight is 194 g/mol. The minimum absolute atomic E-state index is 0.388. The zero-order chi connectivity index (χ0) is 10.7. The topological polar surface area (TPSA) is 34.9 Å². The molecule has 0 saturated heterocycles. The van der Waals surface area contributed by atoms with E-state index in [0.717, 1.165) is 18.4 Å². The molecule has 0 spiro atoms. The molecule has 0 aromatic carbocycles. The van der Waals surface area contributed by atoms with Crippen LogP contribution in [0.3, 0.4) is 0 Å². The molecule has 0 bridgehead atoms. The molecule has 3 heteroatoms. The quantitative estimate of drug-likeness (QED) is 0.689. The number of rotatable bonds is 4. The fraction of sp³-hybridized carbons (Fsp3) is 0.636. The summed E-state index contributed by atoms with van der Waals surface area (Å²) in [7, 11) is 0. The van der Waals surface area contributed by atoms with Crippen molar-refractivity contribution in [2.45, 2.75) is 46.6 Å². The van der Waals surface area contributed by atoms with Crippen molar-refractivity contribution in [3.8, 4) is 0 Å². The fourth-order valence-corrected chi connectivity index (χ4v) is 1.76. The Hall–Kier alpha value is -1.12. The van der Waals surface area contributed by atoms with Crippen molar-refractivity contribution >= 4 is 6.29 Å². The Bertz CT molecular complexity index is 326. The van der Waals surface area contributed by atoms with Crippen molar-refractivity contribution in [2.24, 2.45) is 0 Å². The Balaban J connectivity index is 2.98. The lowest BCUT2D eigenvalue weighted by atomic mass is 10.1. The molecule has 0 atom stereocenters. The van der Waals surface area contributed by atoms with E-state index < -0.39 is 0 Å². The number of nitrogens with zero attached hydrogens (tertiary/aromatic N) is 2. The van der Waals surface area contributed by atoms with Gasteiger partial charge in [0.05, 0.1) is 5.69 Å². The molecule has 0 fully saturated rings. The second-order valence-electron chi connectivity index (χ2n) is 3.89. The number of carbonyl (C=O) groups is 1. The van der Waals surface area contributed by atoms with Crippen molar-refractivity contribution < 1.29 is 4.79 Å². The SMILES string of the molecule is Cc1nn(C(C)C)c(C)c1CCC=O. The number of hydrogen-bond acceptors (Lipinski definition) is 2. The normalized spacial score (nSPS) is 10.9. The van der Waals surface area contributed by atoms with Crippen molar-refractivity contribution in [1.82, 2.24) is 9.78 Å². The van der Waals surface area contributed by atoms with E-state index in [1.807, 2.05) is 11.6 Å². The molecular weight excluding hydrogens is 176 g/mol. The average Bonchev–Trinajstić information content (AvgIpc) is 2.40. The van der Waals surface area contributed by atoms with E-state index in [-0.39, 0.29) is 0 Å². The highest BCUT2D eigenvalue weighted by Gasteiger charge is 2.12. The van der Waals surface area contributed by atoms with Gasteiger partial charge in [-0.25, -0.2) is 0 Å². The largest absolute Gasteiger partial charge is 0.303 e. The van der Waals surface area contributed by atoms with Crippen LogP contribution in [0.5, 0.6) is 0 Å². The van der Waals surface area contributed by atoms with E-state index >= 15 is 0 Å². The maximum atomic E-state index is 10.3. The molecule has 1 heterocycles. The van der Waals surface area contributed by atoms with Crippen LogP contribution in [0.1, 0.15) is 43.3 Å². The molecule has 1 aromatic heterocycles. The number of aromatic nitrogens is 2. The Morgan fingerprint density at radius 3 is 2.50 bits per heavy atom. The van der Waals surface area contributed by atoms with Gasteiger partial charge >= 0.3 is 0 Å². The molecule has 0 unspecified atom stereocenters. The highest BCUT2D eigenvalue weighted by Crippen LogP contribution is 2.18. The van der Waals surface area contributed by atoms with Crippen LogP contribution in [-0.4, -0.2) is 16.1 Å². The number of carbonyl (C=O) groups excluding carboxylic acids is 1. The van der Waals surface area contributed by atoms with Gasteiger partial charge in [-0.15, -0.1) is 0 Å². The molecule has 0 N–H and O–H groups in total. The highest BCUT2D eigenvalue weighted by molar-refractivity contribution is 5.50. The summed E-state index contributed by atoms with van der Waals surface area (Å²) < 4.78 is 2.02. The predicted octanol–water partition coefficient (Wildman–Crippen LogP) is 2.21. The summed E-state index contributed by atoms with van der Waals surface area (Å²) >= 11 is 0. The van der Waals surface area contributed by atoms with Gasteiger partial charge < -0.3 is 4.79 Å². The van der Waals surface area contributed by atoms with Crippen molar-refractivity contribution in [1.29, 1.82) is 0 Å². The van der Waals surface area contributed by atoms with Gasteiger partial charge in [-0.05, 0) is 39.7 Å². The van der Waals surface area contributed by atoms with Gasteiger partial charge in [0, 0.05) is 18.2 Å². The molecule has 1 rings (SSSR count). The Morgan fingerprint density at radius 1 is 1.43 bits per heavy atom. The van der Waals surface area contributed by atoms with Crippen LogP contribution >= 0.6 is 0 Å². The van der Waals surface area contributed by atoms with Crippen LogP contribution in [0.4, 0.5) is 0 Å². The van der Waals surface area contributed by atoms with Crippen LogP contribution in [0.15, 0.2) is 0 Å². The third-order valence-corrected chi connectivity index (χ3v) is 2.48. The molecule has 0 saturated carbocycles. The van der Waals surface area contributed by atoms with Crippen LogP contribution in [0.2, 0.25) is 0 Å². The highest BCUT2D eigenvalue weighted by atomic mass is 16.1. The predicted molar refractivity (Wildman–Crippen MR) is 56.5 cm³/mol. The molecule has 0 aliphatic rings. The summed E-state index contributed by atoms with van der Waals surface area (Å²) in [6.07, 6.45) is 2.37. The fourth-order valence-electron chi connectivity index (χ4n) is 1.76. The van der Waals surface area contributed by atoms with E-state index in [1.54, 1.807) is 0 Å². The van der Waals surface area contributed by atoms with Gasteiger partial charge in [0.25, 0.3) is 0 Å². The smallest absolute Gasteiger partial charge is 0.120 e. The van der Waals surface area contributed by atoms with E-state index in [2.05, 4.69) is 25.9 Å². The van der Waals surface area contributed by atoms with Crippen LogP contribution in [-0.2, 0) is 11.2 Å². The van der Waals surface area contributed by atoms with Gasteiger partial charge in [0.15, 0.2) is 0 Å². The molecule has 0 aliphatic carbocycles. The molecular formula is C11H18N2O. The summed E-state index contributed by atoms with van der Waals surface area (Å²) in [5, 5.41) is 4.46. The molecule has 78 valence electrons. The number of aldehydes is 1. The standard InChI is InChI=1S/C11H18N2O/c1-8(2)13-10(4)11(6-5-7-14)9(3)12-13/h7-8H,5-6H2,1-4H3. The molecule has 14 heavy (non-hydrogen) atoms. The zero-order valence-corrected chi connectivity index (χ0v) is 9.37. The second-order valence-corrected chi connectivity index (χ2v) is 3.89. The lowest BCUT2D eigenvalue weighted by Crippen LogP contribution is -2.05. The Morgan fingerprint density at radius 2 is 2.07 bits per heavy atom. The molecule has 0 amide bonds. The third-order valence-electron chi connectivity index (χ3n) is 2.48. The monoisotopic (exact) mass is 194 g/mol. The molecule has 1 aromatic rings. The summed E-state index contributed by atoms with van der Waals surface area (Å²) in [4.78, 5) is 10.3. The van der Waals surface area contributed by atoms with Gasteiger partial charge in [0.1, 0.15) is 6.29 Å². The van der Waals surface area contributed by atoms with E-state index in [9.17, 15) is 4.79 Å². The second kappa shape index (κ2) is 4.40. The minimum atomic E-state index is 0.388. The number of hydrogen-bond donors (Lipinski definition) is 0. The Kier molecular flexibility index (Phi) is 3.44. The maximum absolute atomic E-state index is 10.3. The first-order valence-electron chi connectivity index (χ1n) is 5.06. The molecule has 3 nitrogen and oxygen atoms in total. The lowest BCUT2D eigenvalue weighted by molar-refractivity contribution is -0.107. The zero-order valence-electron chi connectivity index (χ0n) is 9.37. The van der Waals surface area contributed by atoms with Crippen molar-refractivity contribution in [3.05, 3.63) is 17.0 Å². The maximum Gasteiger partial charge on any atom is 0.120 e. The number of aryl methyl sites for hydroxylation is 1. The van der Waals surface area contributed by atoms with E-state index in [4.69, 9.17) is 0 Å². The first-order chi connectivity index (χ1) is 6.57. The molecule has 0 aliphatic heterocycles. The molecule has 0 radical (unpaired) electrons. The first kappa shape index (κ1) is 11.0. The van der Waals surface area contributed by atoms with Gasteiger partial charge in [-0.3, -0.25) is 4.68 Å². The van der Waals surface area contributed by atoms with Crippen LogP contribution in [0.25, 0.3) is 0 Å². The van der Waals surface area contributed by atoms with Crippen LogP contribution in [0, 0.1) is 13.8 Å². The third kappa shape index (κ3) is 2.03.